The molecule has 0 amide bonds. The fourth-order valence-corrected chi connectivity index (χ4v) is 3.16. The van der Waals surface area contributed by atoms with Crippen LogP contribution in [0.2, 0.25) is 0 Å². The van der Waals surface area contributed by atoms with Crippen LogP contribution in [0.4, 0.5) is 0 Å². The first-order valence-electron chi connectivity index (χ1n) is 6.59. The van der Waals surface area contributed by atoms with E-state index in [1.807, 2.05) is 0 Å². The standard InChI is InChI=1S/C13H25NO/c1-10-6-11(2)8-13(7-10)15-9-12-4-3-5-14-12/h10-14H,3-9H2,1-2H3/t10?,11?,12-,13?/m1/s1. The molecule has 2 rings (SSSR count). The summed E-state index contributed by atoms with van der Waals surface area (Å²) in [5, 5.41) is 3.49. The number of rotatable bonds is 3. The van der Waals surface area contributed by atoms with Crippen LogP contribution in [0, 0.1) is 11.8 Å². The van der Waals surface area contributed by atoms with Gasteiger partial charge in [0, 0.05) is 6.04 Å². The molecular formula is C13H25NO. The van der Waals surface area contributed by atoms with E-state index in [9.17, 15) is 0 Å². The summed E-state index contributed by atoms with van der Waals surface area (Å²) in [5.41, 5.74) is 0. The summed E-state index contributed by atoms with van der Waals surface area (Å²) in [5.74, 6) is 1.71. The van der Waals surface area contributed by atoms with Crippen LogP contribution in [0.25, 0.3) is 0 Å². The van der Waals surface area contributed by atoms with E-state index in [0.717, 1.165) is 18.4 Å². The summed E-state index contributed by atoms with van der Waals surface area (Å²) in [6.45, 7) is 6.84. The van der Waals surface area contributed by atoms with E-state index < -0.39 is 0 Å². The van der Waals surface area contributed by atoms with Crippen molar-refractivity contribution in [2.24, 2.45) is 11.8 Å². The van der Waals surface area contributed by atoms with E-state index >= 15 is 0 Å². The van der Waals surface area contributed by atoms with Gasteiger partial charge in [-0.25, -0.2) is 0 Å². The minimum absolute atomic E-state index is 0.533. The van der Waals surface area contributed by atoms with Crippen molar-refractivity contribution in [2.75, 3.05) is 13.2 Å². The highest BCUT2D eigenvalue weighted by Crippen LogP contribution is 2.30. The molecule has 2 nitrogen and oxygen atoms in total. The molecule has 1 N–H and O–H groups in total. The lowest BCUT2D eigenvalue weighted by atomic mass is 9.82. The smallest absolute Gasteiger partial charge is 0.0623 e. The maximum atomic E-state index is 6.05. The van der Waals surface area contributed by atoms with Gasteiger partial charge in [0.25, 0.3) is 0 Å². The van der Waals surface area contributed by atoms with E-state index in [-0.39, 0.29) is 0 Å². The van der Waals surface area contributed by atoms with Crippen molar-refractivity contribution in [3.63, 3.8) is 0 Å². The molecular weight excluding hydrogens is 186 g/mol. The molecule has 0 radical (unpaired) electrons. The third kappa shape index (κ3) is 3.46. The Labute approximate surface area is 93.8 Å². The molecule has 0 aromatic rings. The van der Waals surface area contributed by atoms with Crippen LogP contribution in [0.15, 0.2) is 0 Å². The largest absolute Gasteiger partial charge is 0.377 e. The van der Waals surface area contributed by atoms with E-state index in [0.29, 0.717) is 12.1 Å². The van der Waals surface area contributed by atoms with Gasteiger partial charge in [-0.15, -0.1) is 0 Å². The zero-order chi connectivity index (χ0) is 10.7. The third-order valence-electron chi connectivity index (χ3n) is 3.83. The molecule has 2 heteroatoms. The second-order valence-corrected chi connectivity index (χ2v) is 5.67. The second kappa shape index (κ2) is 5.31. The summed E-state index contributed by atoms with van der Waals surface area (Å²) in [4.78, 5) is 0. The monoisotopic (exact) mass is 211 g/mol. The first-order chi connectivity index (χ1) is 7.24. The minimum atomic E-state index is 0.533. The van der Waals surface area contributed by atoms with Crippen molar-refractivity contribution in [1.29, 1.82) is 0 Å². The lowest BCUT2D eigenvalue weighted by Gasteiger charge is -2.32. The van der Waals surface area contributed by atoms with E-state index in [2.05, 4.69) is 19.2 Å². The lowest BCUT2D eigenvalue weighted by Crippen LogP contribution is -2.32. The Balaban J connectivity index is 1.69. The predicted molar refractivity (Wildman–Crippen MR) is 62.9 cm³/mol. The number of nitrogens with one attached hydrogen (secondary N) is 1. The number of hydrogen-bond acceptors (Lipinski definition) is 2. The molecule has 2 unspecified atom stereocenters. The van der Waals surface area contributed by atoms with Gasteiger partial charge < -0.3 is 10.1 Å². The Morgan fingerprint density at radius 2 is 1.87 bits per heavy atom. The second-order valence-electron chi connectivity index (χ2n) is 5.67. The molecule has 1 saturated carbocycles. The van der Waals surface area contributed by atoms with Crippen LogP contribution >= 0.6 is 0 Å². The van der Waals surface area contributed by atoms with Crippen LogP contribution in [0.5, 0.6) is 0 Å². The Morgan fingerprint density at radius 3 is 2.47 bits per heavy atom. The highest BCUT2D eigenvalue weighted by molar-refractivity contribution is 4.78. The molecule has 1 heterocycles. The maximum Gasteiger partial charge on any atom is 0.0623 e. The van der Waals surface area contributed by atoms with Crippen LogP contribution in [0.3, 0.4) is 0 Å². The summed E-state index contributed by atoms with van der Waals surface area (Å²) >= 11 is 0. The molecule has 0 aromatic heterocycles. The summed E-state index contributed by atoms with van der Waals surface area (Å²) < 4.78 is 6.05. The molecule has 1 saturated heterocycles. The highest BCUT2D eigenvalue weighted by atomic mass is 16.5. The topological polar surface area (TPSA) is 21.3 Å². The van der Waals surface area contributed by atoms with Gasteiger partial charge in [-0.05, 0) is 50.5 Å². The molecule has 2 fully saturated rings. The fourth-order valence-electron chi connectivity index (χ4n) is 3.16. The fraction of sp³-hybridized carbons (Fsp3) is 1.00. The van der Waals surface area contributed by atoms with Gasteiger partial charge in [0.15, 0.2) is 0 Å². The van der Waals surface area contributed by atoms with Gasteiger partial charge in [-0.1, -0.05) is 13.8 Å². The maximum absolute atomic E-state index is 6.05. The predicted octanol–water partition coefficient (Wildman–Crippen LogP) is 2.58. The van der Waals surface area contributed by atoms with E-state index in [1.165, 1.54) is 38.6 Å². The van der Waals surface area contributed by atoms with Gasteiger partial charge in [-0.3, -0.25) is 0 Å². The SMILES string of the molecule is CC1CC(C)CC(OC[C@H]2CCCN2)C1. The molecule has 1 aliphatic carbocycles. The van der Waals surface area contributed by atoms with Crippen molar-refractivity contribution in [3.05, 3.63) is 0 Å². The quantitative estimate of drug-likeness (QED) is 0.774. The number of hydrogen-bond donors (Lipinski definition) is 1. The molecule has 0 aromatic carbocycles. The Kier molecular flexibility index (Phi) is 4.04. The molecule has 0 bridgehead atoms. The van der Waals surface area contributed by atoms with Crippen molar-refractivity contribution in [1.82, 2.24) is 5.32 Å². The number of ether oxygens (including phenoxy) is 1. The zero-order valence-corrected chi connectivity index (χ0v) is 10.2. The molecule has 2 aliphatic rings. The first-order valence-corrected chi connectivity index (χ1v) is 6.59. The summed E-state index contributed by atoms with van der Waals surface area (Å²) in [6.07, 6.45) is 7.10. The first kappa shape index (κ1) is 11.4. The molecule has 88 valence electrons. The highest BCUT2D eigenvalue weighted by Gasteiger charge is 2.25. The molecule has 15 heavy (non-hydrogen) atoms. The van der Waals surface area contributed by atoms with Crippen molar-refractivity contribution >= 4 is 0 Å². The van der Waals surface area contributed by atoms with Crippen molar-refractivity contribution in [3.8, 4) is 0 Å². The van der Waals surface area contributed by atoms with Gasteiger partial charge in [0.05, 0.1) is 12.7 Å². The van der Waals surface area contributed by atoms with Crippen LogP contribution < -0.4 is 5.32 Å². The Morgan fingerprint density at radius 1 is 1.13 bits per heavy atom. The van der Waals surface area contributed by atoms with Crippen molar-refractivity contribution in [2.45, 2.75) is 58.1 Å². The minimum Gasteiger partial charge on any atom is -0.377 e. The molecule has 3 atom stereocenters. The average Bonchev–Trinajstić information content (AvgIpc) is 2.65. The Bertz CT molecular complexity index is 179. The Hall–Kier alpha value is -0.0800. The van der Waals surface area contributed by atoms with Crippen molar-refractivity contribution < 1.29 is 4.74 Å². The lowest BCUT2D eigenvalue weighted by molar-refractivity contribution is -0.00694. The van der Waals surface area contributed by atoms with Crippen LogP contribution in [-0.4, -0.2) is 25.3 Å². The van der Waals surface area contributed by atoms with E-state index in [4.69, 9.17) is 4.74 Å². The normalized spacial score (nSPS) is 42.0. The third-order valence-corrected chi connectivity index (χ3v) is 3.83. The van der Waals surface area contributed by atoms with Gasteiger partial charge in [0.2, 0.25) is 0 Å². The van der Waals surface area contributed by atoms with E-state index in [1.54, 1.807) is 0 Å². The van der Waals surface area contributed by atoms with Crippen LogP contribution in [0.1, 0.15) is 46.0 Å². The van der Waals surface area contributed by atoms with Gasteiger partial charge in [-0.2, -0.15) is 0 Å². The van der Waals surface area contributed by atoms with Gasteiger partial charge in [0.1, 0.15) is 0 Å². The summed E-state index contributed by atoms with van der Waals surface area (Å²) in [7, 11) is 0. The molecule has 1 aliphatic heterocycles. The average molecular weight is 211 g/mol. The zero-order valence-electron chi connectivity index (χ0n) is 10.2. The van der Waals surface area contributed by atoms with Crippen LogP contribution in [-0.2, 0) is 4.74 Å². The molecule has 0 spiro atoms. The summed E-state index contributed by atoms with van der Waals surface area (Å²) in [6, 6.07) is 0.637. The van der Waals surface area contributed by atoms with Gasteiger partial charge >= 0.3 is 0 Å².